The number of nitrogens with one attached hydrogen (secondary N) is 1. The number of ether oxygens (including phenoxy) is 2. The summed E-state index contributed by atoms with van der Waals surface area (Å²) in [7, 11) is -2.28. The molecule has 1 N–H and O–H groups in total. The van der Waals surface area contributed by atoms with Crippen LogP contribution < -0.4 is 10.1 Å². The number of benzene rings is 2. The van der Waals surface area contributed by atoms with Gasteiger partial charge in [0.1, 0.15) is 5.75 Å². The Labute approximate surface area is 188 Å². The highest BCUT2D eigenvalue weighted by molar-refractivity contribution is 7.86. The first kappa shape index (κ1) is 23.7. The van der Waals surface area contributed by atoms with Gasteiger partial charge in [-0.2, -0.15) is 17.0 Å². The Hall–Kier alpha value is -2.95. The molecule has 0 saturated carbocycles. The van der Waals surface area contributed by atoms with Crippen molar-refractivity contribution in [3.05, 3.63) is 59.7 Å². The van der Waals surface area contributed by atoms with E-state index in [1.165, 1.54) is 4.31 Å². The number of hydrogen-bond donors (Lipinski definition) is 1. The lowest BCUT2D eigenvalue weighted by Gasteiger charge is -2.34. The van der Waals surface area contributed by atoms with Crippen molar-refractivity contribution in [1.29, 1.82) is 0 Å². The van der Waals surface area contributed by atoms with Crippen LogP contribution in [-0.2, 0) is 26.3 Å². The van der Waals surface area contributed by atoms with E-state index >= 15 is 0 Å². The molecule has 0 spiro atoms. The molecule has 0 unspecified atom stereocenters. The van der Waals surface area contributed by atoms with Gasteiger partial charge in [0.2, 0.25) is 5.91 Å². The summed E-state index contributed by atoms with van der Waals surface area (Å²) >= 11 is 0. The number of methoxy groups -OCH3 is 1. The van der Waals surface area contributed by atoms with Crippen LogP contribution in [0.25, 0.3) is 0 Å². The second kappa shape index (κ2) is 10.6. The fourth-order valence-corrected chi connectivity index (χ4v) is 5.08. The molecule has 1 saturated heterocycles. The molecule has 0 aromatic heterocycles. The van der Waals surface area contributed by atoms with E-state index in [4.69, 9.17) is 9.47 Å². The van der Waals surface area contributed by atoms with E-state index in [2.05, 4.69) is 5.32 Å². The Bertz CT molecular complexity index is 1070. The highest BCUT2D eigenvalue weighted by atomic mass is 32.2. The fraction of sp³-hybridized carbons (Fsp3) is 0.364. The van der Waals surface area contributed by atoms with Crippen LogP contribution in [0.3, 0.4) is 0 Å². The summed E-state index contributed by atoms with van der Waals surface area (Å²) in [4.78, 5) is 24.8. The monoisotopic (exact) mass is 461 g/mol. The summed E-state index contributed by atoms with van der Waals surface area (Å²) in [6.07, 6.45) is 0.593. The molecule has 172 valence electrons. The fourth-order valence-electron chi connectivity index (χ4n) is 3.44. The normalized spacial score (nSPS) is 16.3. The van der Waals surface area contributed by atoms with Gasteiger partial charge in [0.05, 0.1) is 31.5 Å². The van der Waals surface area contributed by atoms with E-state index in [1.54, 1.807) is 56.5 Å². The van der Waals surface area contributed by atoms with E-state index in [0.717, 1.165) is 9.87 Å². The summed E-state index contributed by atoms with van der Waals surface area (Å²) in [5.41, 5.74) is 1.28. The van der Waals surface area contributed by atoms with Crippen LogP contribution in [0.1, 0.15) is 29.3 Å². The Morgan fingerprint density at radius 1 is 1.06 bits per heavy atom. The van der Waals surface area contributed by atoms with Gasteiger partial charge in [-0.25, -0.2) is 4.79 Å². The van der Waals surface area contributed by atoms with Gasteiger partial charge in [0, 0.05) is 19.6 Å². The average molecular weight is 462 g/mol. The maximum atomic E-state index is 13.1. The smallest absolute Gasteiger partial charge is 0.340 e. The van der Waals surface area contributed by atoms with Crippen LogP contribution in [0, 0.1) is 0 Å². The molecular formula is C22H27N3O6S. The number of amides is 1. The molecule has 9 nitrogen and oxygen atoms in total. The Balaban J connectivity index is 1.69. The molecule has 1 aliphatic heterocycles. The highest BCUT2D eigenvalue weighted by Gasteiger charge is 2.34. The van der Waals surface area contributed by atoms with Gasteiger partial charge in [0.15, 0.2) is 0 Å². The molecule has 0 aliphatic carbocycles. The lowest BCUT2D eigenvalue weighted by atomic mass is 10.2. The maximum Gasteiger partial charge on any atom is 0.340 e. The number of rotatable bonds is 8. The van der Waals surface area contributed by atoms with E-state index in [0.29, 0.717) is 18.7 Å². The maximum absolute atomic E-state index is 13.1. The third-order valence-electron chi connectivity index (χ3n) is 4.98. The third-order valence-corrected chi connectivity index (χ3v) is 6.91. The van der Waals surface area contributed by atoms with Crippen molar-refractivity contribution < 1.29 is 27.5 Å². The van der Waals surface area contributed by atoms with Gasteiger partial charge in [-0.05, 0) is 43.2 Å². The van der Waals surface area contributed by atoms with E-state index in [-0.39, 0.29) is 37.5 Å². The summed E-state index contributed by atoms with van der Waals surface area (Å²) < 4.78 is 38.9. The van der Waals surface area contributed by atoms with Crippen molar-refractivity contribution >= 4 is 27.8 Å². The van der Waals surface area contributed by atoms with Crippen molar-refractivity contribution in [2.45, 2.75) is 19.9 Å². The first-order valence-electron chi connectivity index (χ1n) is 10.3. The van der Waals surface area contributed by atoms with E-state index < -0.39 is 22.1 Å². The Kier molecular flexibility index (Phi) is 7.84. The summed E-state index contributed by atoms with van der Waals surface area (Å²) in [6, 6.07) is 13.7. The molecule has 32 heavy (non-hydrogen) atoms. The van der Waals surface area contributed by atoms with Crippen molar-refractivity contribution in [2.75, 3.05) is 38.7 Å². The minimum atomic E-state index is -3.83. The van der Waals surface area contributed by atoms with Crippen LogP contribution in [0.4, 0.5) is 5.69 Å². The molecule has 0 bridgehead atoms. The standard InChI is InChI=1S/C22H27N3O6S/c1-3-31-22(27)19-10-4-5-11-20(19)23-21(26)16-25-13-7-12-24(32(25,28)29)15-17-8-6-9-18(14-17)30-2/h4-6,8-11,14H,3,7,12-13,15-16H2,1-2H3,(H,23,26). The number of carbonyl (C=O) groups is 2. The summed E-state index contributed by atoms with van der Waals surface area (Å²) in [5.74, 6) is -0.444. The third kappa shape index (κ3) is 5.64. The van der Waals surface area contributed by atoms with Gasteiger partial charge in [-0.3, -0.25) is 4.79 Å². The SMILES string of the molecule is CCOC(=O)c1ccccc1NC(=O)CN1CCCN(Cc2cccc(OC)c2)S1(=O)=O. The van der Waals surface area contributed by atoms with Crippen LogP contribution in [-0.4, -0.2) is 62.3 Å². The lowest BCUT2D eigenvalue weighted by Crippen LogP contribution is -2.51. The predicted molar refractivity (Wildman–Crippen MR) is 120 cm³/mol. The molecule has 1 heterocycles. The van der Waals surface area contributed by atoms with Gasteiger partial charge in [-0.15, -0.1) is 0 Å². The quantitative estimate of drug-likeness (QED) is 0.605. The molecule has 3 rings (SSSR count). The molecule has 1 fully saturated rings. The van der Waals surface area contributed by atoms with Crippen molar-refractivity contribution in [3.63, 3.8) is 0 Å². The Morgan fingerprint density at radius 3 is 2.56 bits per heavy atom. The topological polar surface area (TPSA) is 105 Å². The first-order chi connectivity index (χ1) is 15.3. The largest absolute Gasteiger partial charge is 0.497 e. The number of carbonyl (C=O) groups excluding carboxylic acids is 2. The minimum Gasteiger partial charge on any atom is -0.497 e. The van der Waals surface area contributed by atoms with Gasteiger partial charge < -0.3 is 14.8 Å². The molecule has 0 atom stereocenters. The second-order valence-electron chi connectivity index (χ2n) is 7.19. The number of nitrogens with zero attached hydrogens (tertiary/aromatic N) is 2. The number of para-hydroxylation sites is 1. The molecule has 10 heteroatoms. The van der Waals surface area contributed by atoms with Crippen molar-refractivity contribution in [1.82, 2.24) is 8.61 Å². The molecule has 2 aromatic carbocycles. The summed E-state index contributed by atoms with van der Waals surface area (Å²) in [5, 5.41) is 2.63. The van der Waals surface area contributed by atoms with Gasteiger partial charge in [-0.1, -0.05) is 24.3 Å². The number of anilines is 1. The highest BCUT2D eigenvalue weighted by Crippen LogP contribution is 2.22. The molecular weight excluding hydrogens is 434 g/mol. The zero-order valence-electron chi connectivity index (χ0n) is 18.1. The van der Waals surface area contributed by atoms with E-state index in [1.807, 2.05) is 6.07 Å². The summed E-state index contributed by atoms with van der Waals surface area (Å²) in [6.45, 7) is 2.33. The molecule has 2 aromatic rings. The minimum absolute atomic E-state index is 0.184. The molecule has 0 radical (unpaired) electrons. The van der Waals surface area contributed by atoms with Crippen LogP contribution >= 0.6 is 0 Å². The Morgan fingerprint density at radius 2 is 1.81 bits per heavy atom. The molecule has 1 aliphatic rings. The predicted octanol–water partition coefficient (Wildman–Crippen LogP) is 2.26. The number of esters is 1. The van der Waals surface area contributed by atoms with Crippen LogP contribution in [0.15, 0.2) is 48.5 Å². The van der Waals surface area contributed by atoms with Gasteiger partial charge >= 0.3 is 5.97 Å². The average Bonchev–Trinajstić information content (AvgIpc) is 2.77. The number of hydrogen-bond acceptors (Lipinski definition) is 6. The van der Waals surface area contributed by atoms with Gasteiger partial charge in [0.25, 0.3) is 10.2 Å². The molecule has 1 amide bonds. The zero-order valence-corrected chi connectivity index (χ0v) is 18.9. The lowest BCUT2D eigenvalue weighted by molar-refractivity contribution is -0.116. The second-order valence-corrected chi connectivity index (χ2v) is 9.12. The zero-order chi connectivity index (χ0) is 23.1. The van der Waals surface area contributed by atoms with E-state index in [9.17, 15) is 18.0 Å². The first-order valence-corrected chi connectivity index (χ1v) is 11.7. The van der Waals surface area contributed by atoms with Crippen LogP contribution in [0.5, 0.6) is 5.75 Å². The van der Waals surface area contributed by atoms with Crippen molar-refractivity contribution in [2.24, 2.45) is 0 Å². The van der Waals surface area contributed by atoms with Crippen LogP contribution in [0.2, 0.25) is 0 Å². The van der Waals surface area contributed by atoms with Crippen molar-refractivity contribution in [3.8, 4) is 5.75 Å².